The van der Waals surface area contributed by atoms with E-state index in [1.165, 1.54) is 16.8 Å². The Bertz CT molecular complexity index is 807. The van der Waals surface area contributed by atoms with Gasteiger partial charge in [-0.25, -0.2) is 4.98 Å². The molecule has 4 heteroatoms. The molecule has 0 amide bonds. The van der Waals surface area contributed by atoms with Gasteiger partial charge in [-0.15, -0.1) is 0 Å². The lowest BCUT2D eigenvalue weighted by atomic mass is 10.1. The Kier molecular flexibility index (Phi) is 3.67. The summed E-state index contributed by atoms with van der Waals surface area (Å²) in [5.74, 6) is 1.14. The lowest BCUT2D eigenvalue weighted by molar-refractivity contribution is 0.207. The molecule has 0 atom stereocenters. The van der Waals surface area contributed by atoms with Crippen molar-refractivity contribution >= 4 is 0 Å². The number of pyridine rings is 1. The molecule has 0 aliphatic carbocycles. The molecule has 1 aliphatic heterocycles. The third kappa shape index (κ3) is 2.90. The van der Waals surface area contributed by atoms with Gasteiger partial charge in [-0.2, -0.15) is 0 Å². The maximum atomic E-state index is 4.66. The zero-order valence-corrected chi connectivity index (χ0v) is 13.3. The largest absolute Gasteiger partial charge is 0.326 e. The second-order valence-electron chi connectivity index (χ2n) is 6.11. The van der Waals surface area contributed by atoms with Gasteiger partial charge in [0.15, 0.2) is 0 Å². The second kappa shape index (κ2) is 5.97. The Morgan fingerprint density at radius 1 is 1.04 bits per heavy atom. The van der Waals surface area contributed by atoms with E-state index in [0.717, 1.165) is 37.7 Å². The summed E-state index contributed by atoms with van der Waals surface area (Å²) in [4.78, 5) is 11.5. The van der Waals surface area contributed by atoms with Crippen LogP contribution in [0.15, 0.2) is 54.9 Å². The van der Waals surface area contributed by atoms with Gasteiger partial charge in [0.05, 0.1) is 24.1 Å². The predicted octanol–water partition coefficient (Wildman–Crippen LogP) is 3.27. The summed E-state index contributed by atoms with van der Waals surface area (Å²) in [6.07, 6.45) is 3.87. The minimum absolute atomic E-state index is 0.877. The molecule has 0 spiro atoms. The van der Waals surface area contributed by atoms with Gasteiger partial charge in [-0.3, -0.25) is 9.88 Å². The number of hydrogen-bond donors (Lipinski definition) is 0. The smallest absolute Gasteiger partial charge is 0.123 e. The molecule has 4 nitrogen and oxygen atoms in total. The minimum Gasteiger partial charge on any atom is -0.326 e. The second-order valence-corrected chi connectivity index (χ2v) is 6.11. The third-order valence-corrected chi connectivity index (χ3v) is 4.37. The first-order valence-electron chi connectivity index (χ1n) is 8.03. The number of rotatable bonds is 3. The van der Waals surface area contributed by atoms with Gasteiger partial charge in [-0.05, 0) is 25.1 Å². The summed E-state index contributed by atoms with van der Waals surface area (Å²) in [6, 6.07) is 14.7. The molecule has 0 N–H and O–H groups in total. The highest BCUT2D eigenvalue weighted by Gasteiger charge is 2.20. The van der Waals surface area contributed by atoms with E-state index in [9.17, 15) is 0 Å². The molecule has 4 rings (SSSR count). The standard InChI is InChI=1S/C19H20N4/c1-15-5-4-6-16(11-15)18-12-21-19-14-22(9-10-23(18)19)13-17-7-2-3-8-20-17/h2-8,11-12H,9-10,13-14H2,1H3. The molecule has 0 saturated heterocycles. The Morgan fingerprint density at radius 2 is 2.00 bits per heavy atom. The lowest BCUT2D eigenvalue weighted by Crippen LogP contribution is -2.33. The van der Waals surface area contributed by atoms with Crippen LogP contribution in [0, 0.1) is 6.92 Å². The molecule has 3 aromatic rings. The minimum atomic E-state index is 0.877. The average Bonchev–Trinajstić information content (AvgIpc) is 2.99. The van der Waals surface area contributed by atoms with Gasteiger partial charge in [0.25, 0.3) is 0 Å². The average molecular weight is 304 g/mol. The Labute approximate surface area is 136 Å². The van der Waals surface area contributed by atoms with E-state index in [2.05, 4.69) is 56.7 Å². The fraction of sp³-hybridized carbons (Fsp3) is 0.263. The Balaban J connectivity index is 1.55. The van der Waals surface area contributed by atoms with Crippen molar-refractivity contribution in [3.63, 3.8) is 0 Å². The van der Waals surface area contributed by atoms with Gasteiger partial charge >= 0.3 is 0 Å². The summed E-state index contributed by atoms with van der Waals surface area (Å²) in [7, 11) is 0. The molecule has 1 aromatic carbocycles. The molecular formula is C19H20N4. The highest BCUT2D eigenvalue weighted by molar-refractivity contribution is 5.60. The van der Waals surface area contributed by atoms with Crippen molar-refractivity contribution < 1.29 is 0 Å². The SMILES string of the molecule is Cc1cccc(-c2cnc3n2CCN(Cc2ccccn2)C3)c1. The molecule has 2 aromatic heterocycles. The van der Waals surface area contributed by atoms with Crippen LogP contribution < -0.4 is 0 Å². The molecule has 23 heavy (non-hydrogen) atoms. The number of fused-ring (bicyclic) bond motifs is 1. The van der Waals surface area contributed by atoms with Gasteiger partial charge in [0.1, 0.15) is 5.82 Å². The number of aromatic nitrogens is 3. The molecule has 3 heterocycles. The van der Waals surface area contributed by atoms with Crippen LogP contribution in [-0.4, -0.2) is 26.0 Å². The maximum Gasteiger partial charge on any atom is 0.123 e. The van der Waals surface area contributed by atoms with Gasteiger partial charge in [0.2, 0.25) is 0 Å². The topological polar surface area (TPSA) is 34.0 Å². The summed E-state index contributed by atoms with van der Waals surface area (Å²) in [5.41, 5.74) is 4.88. The number of imidazole rings is 1. The van der Waals surface area contributed by atoms with Crippen LogP contribution in [0.25, 0.3) is 11.3 Å². The van der Waals surface area contributed by atoms with E-state index in [0.29, 0.717) is 0 Å². The fourth-order valence-electron chi connectivity index (χ4n) is 3.20. The van der Waals surface area contributed by atoms with Crippen molar-refractivity contribution in [1.82, 2.24) is 19.4 Å². The zero-order valence-electron chi connectivity index (χ0n) is 13.3. The van der Waals surface area contributed by atoms with Crippen molar-refractivity contribution in [2.75, 3.05) is 6.54 Å². The number of nitrogens with zero attached hydrogens (tertiary/aromatic N) is 4. The third-order valence-electron chi connectivity index (χ3n) is 4.37. The monoisotopic (exact) mass is 304 g/mol. The van der Waals surface area contributed by atoms with Crippen molar-refractivity contribution in [2.45, 2.75) is 26.6 Å². The van der Waals surface area contributed by atoms with E-state index in [1.54, 1.807) is 0 Å². The van der Waals surface area contributed by atoms with E-state index in [4.69, 9.17) is 0 Å². The first kappa shape index (κ1) is 14.2. The van der Waals surface area contributed by atoms with Gasteiger partial charge in [-0.1, -0.05) is 29.8 Å². The Morgan fingerprint density at radius 3 is 2.83 bits per heavy atom. The fourth-order valence-corrected chi connectivity index (χ4v) is 3.20. The summed E-state index contributed by atoms with van der Waals surface area (Å²) in [6.45, 7) is 5.89. The maximum absolute atomic E-state index is 4.66. The molecule has 0 bridgehead atoms. The molecule has 116 valence electrons. The van der Waals surface area contributed by atoms with Crippen molar-refractivity contribution in [3.8, 4) is 11.3 Å². The van der Waals surface area contributed by atoms with Crippen LogP contribution in [0.5, 0.6) is 0 Å². The van der Waals surface area contributed by atoms with Crippen molar-refractivity contribution in [3.05, 3.63) is 71.9 Å². The Hall–Kier alpha value is -2.46. The van der Waals surface area contributed by atoms with Crippen molar-refractivity contribution in [2.24, 2.45) is 0 Å². The molecule has 0 fully saturated rings. The van der Waals surface area contributed by atoms with E-state index >= 15 is 0 Å². The summed E-state index contributed by atoms with van der Waals surface area (Å²) in [5, 5.41) is 0. The number of hydrogen-bond acceptors (Lipinski definition) is 3. The van der Waals surface area contributed by atoms with Crippen LogP contribution in [0.1, 0.15) is 17.1 Å². The van der Waals surface area contributed by atoms with Crippen molar-refractivity contribution in [1.29, 1.82) is 0 Å². The van der Waals surface area contributed by atoms with E-state index in [1.807, 2.05) is 24.5 Å². The van der Waals surface area contributed by atoms with Gasteiger partial charge in [0, 0.05) is 31.4 Å². The quantitative estimate of drug-likeness (QED) is 0.745. The highest BCUT2D eigenvalue weighted by atomic mass is 15.2. The first-order chi connectivity index (χ1) is 11.3. The summed E-state index contributed by atoms with van der Waals surface area (Å²) < 4.78 is 2.35. The zero-order chi connectivity index (χ0) is 15.6. The van der Waals surface area contributed by atoms with Crippen LogP contribution in [-0.2, 0) is 19.6 Å². The molecule has 0 unspecified atom stereocenters. The van der Waals surface area contributed by atoms with Crippen LogP contribution in [0.3, 0.4) is 0 Å². The van der Waals surface area contributed by atoms with Crippen LogP contribution >= 0.6 is 0 Å². The lowest BCUT2D eigenvalue weighted by Gasteiger charge is -2.28. The number of benzene rings is 1. The highest BCUT2D eigenvalue weighted by Crippen LogP contribution is 2.25. The molecule has 0 saturated carbocycles. The molecule has 0 radical (unpaired) electrons. The van der Waals surface area contributed by atoms with Gasteiger partial charge < -0.3 is 4.57 Å². The molecular weight excluding hydrogens is 284 g/mol. The first-order valence-corrected chi connectivity index (χ1v) is 8.03. The summed E-state index contributed by atoms with van der Waals surface area (Å²) >= 11 is 0. The normalized spacial score (nSPS) is 14.7. The van der Waals surface area contributed by atoms with E-state index in [-0.39, 0.29) is 0 Å². The van der Waals surface area contributed by atoms with Crippen LogP contribution in [0.2, 0.25) is 0 Å². The number of aryl methyl sites for hydroxylation is 1. The molecule has 1 aliphatic rings. The predicted molar refractivity (Wildman–Crippen MR) is 90.8 cm³/mol. The van der Waals surface area contributed by atoms with Crippen LogP contribution in [0.4, 0.5) is 0 Å². The van der Waals surface area contributed by atoms with E-state index < -0.39 is 0 Å².